The fourth-order valence-electron chi connectivity index (χ4n) is 1.80. The van der Waals surface area contributed by atoms with E-state index in [-0.39, 0.29) is 11.9 Å². The van der Waals surface area contributed by atoms with E-state index in [1.54, 1.807) is 13.2 Å². The Balaban J connectivity index is 2.91. The monoisotopic (exact) mass is 265 g/mol. The molecule has 1 atom stereocenters. The average Bonchev–Trinajstić information content (AvgIpc) is 2.39. The van der Waals surface area contributed by atoms with Crippen molar-refractivity contribution in [3.05, 3.63) is 29.6 Å². The van der Waals surface area contributed by atoms with E-state index < -0.39 is 0 Å². The number of benzene rings is 1. The zero-order chi connectivity index (χ0) is 14.3. The van der Waals surface area contributed by atoms with Gasteiger partial charge in [0.1, 0.15) is 5.82 Å². The molecule has 0 saturated heterocycles. The van der Waals surface area contributed by atoms with Crippen LogP contribution in [-0.4, -0.2) is 26.8 Å². The summed E-state index contributed by atoms with van der Waals surface area (Å²) in [6, 6.07) is 6.84. The number of nitriles is 1. The van der Waals surface area contributed by atoms with Crippen molar-refractivity contribution < 1.29 is 9.13 Å². The van der Waals surface area contributed by atoms with Crippen molar-refractivity contribution in [3.8, 4) is 6.07 Å². The highest BCUT2D eigenvalue weighted by atomic mass is 19.1. The van der Waals surface area contributed by atoms with Crippen molar-refractivity contribution in [3.63, 3.8) is 0 Å². The lowest BCUT2D eigenvalue weighted by atomic mass is 10.1. The van der Waals surface area contributed by atoms with E-state index in [4.69, 9.17) is 15.7 Å². The highest BCUT2D eigenvalue weighted by Gasteiger charge is 2.13. The Kier molecular flexibility index (Phi) is 6.26. The van der Waals surface area contributed by atoms with Gasteiger partial charge in [0.05, 0.1) is 24.8 Å². The van der Waals surface area contributed by atoms with Crippen molar-refractivity contribution in [2.24, 2.45) is 5.73 Å². The summed E-state index contributed by atoms with van der Waals surface area (Å²) in [5.74, 6) is -0.316. The number of nitrogens with two attached hydrogens (primary N) is 1. The minimum absolute atomic E-state index is 0.199. The molecule has 2 N–H and O–H groups in total. The molecule has 1 rings (SSSR count). The topological polar surface area (TPSA) is 62.3 Å². The Morgan fingerprint density at radius 3 is 2.74 bits per heavy atom. The third kappa shape index (κ3) is 4.51. The first kappa shape index (κ1) is 15.4. The van der Waals surface area contributed by atoms with Crippen LogP contribution in [0.1, 0.15) is 24.9 Å². The summed E-state index contributed by atoms with van der Waals surface area (Å²) in [7, 11) is 1.60. The zero-order valence-corrected chi connectivity index (χ0v) is 11.4. The van der Waals surface area contributed by atoms with Gasteiger partial charge in [-0.05, 0) is 24.6 Å². The Morgan fingerprint density at radius 2 is 2.21 bits per heavy atom. The molecule has 0 spiro atoms. The Morgan fingerprint density at radius 1 is 1.47 bits per heavy atom. The molecule has 1 aromatic carbocycles. The molecule has 0 aliphatic rings. The number of ether oxygens (including phenoxy) is 1. The fourth-order valence-corrected chi connectivity index (χ4v) is 1.80. The number of hydrogen-bond donors (Lipinski definition) is 1. The lowest BCUT2D eigenvalue weighted by Gasteiger charge is -2.24. The molecule has 1 aromatic rings. The van der Waals surface area contributed by atoms with Gasteiger partial charge in [0, 0.05) is 26.2 Å². The van der Waals surface area contributed by atoms with Crippen LogP contribution in [0, 0.1) is 17.1 Å². The third-order valence-corrected chi connectivity index (χ3v) is 2.90. The SMILES string of the molecule is COCCN(CCC#N)c1ccc([C@@H](C)N)cc1F. The molecule has 0 aromatic heterocycles. The van der Waals surface area contributed by atoms with Gasteiger partial charge in [-0.15, -0.1) is 0 Å². The molecule has 0 aliphatic carbocycles. The van der Waals surface area contributed by atoms with Gasteiger partial charge in [0.15, 0.2) is 0 Å². The number of methoxy groups -OCH3 is 1. The molecular weight excluding hydrogens is 245 g/mol. The molecule has 0 fully saturated rings. The second-order valence-electron chi connectivity index (χ2n) is 4.39. The predicted octanol–water partition coefficient (Wildman–Crippen LogP) is 2.21. The first-order valence-corrected chi connectivity index (χ1v) is 6.26. The predicted molar refractivity (Wildman–Crippen MR) is 73.3 cm³/mol. The average molecular weight is 265 g/mol. The van der Waals surface area contributed by atoms with Crippen LogP contribution in [0.25, 0.3) is 0 Å². The number of rotatable bonds is 7. The quantitative estimate of drug-likeness (QED) is 0.821. The van der Waals surface area contributed by atoms with Crippen LogP contribution >= 0.6 is 0 Å². The van der Waals surface area contributed by atoms with Crippen molar-refractivity contribution in [1.82, 2.24) is 0 Å². The van der Waals surface area contributed by atoms with Crippen LogP contribution in [0.4, 0.5) is 10.1 Å². The molecule has 0 amide bonds. The Labute approximate surface area is 113 Å². The van der Waals surface area contributed by atoms with E-state index >= 15 is 0 Å². The first-order chi connectivity index (χ1) is 9.10. The summed E-state index contributed by atoms with van der Waals surface area (Å²) in [6.07, 6.45) is 0.345. The molecule has 5 heteroatoms. The second kappa shape index (κ2) is 7.72. The van der Waals surface area contributed by atoms with Crippen LogP contribution in [0.5, 0.6) is 0 Å². The van der Waals surface area contributed by atoms with E-state index in [0.29, 0.717) is 31.8 Å². The van der Waals surface area contributed by atoms with Crippen LogP contribution in [-0.2, 0) is 4.74 Å². The normalized spacial score (nSPS) is 11.9. The van der Waals surface area contributed by atoms with Gasteiger partial charge in [0.2, 0.25) is 0 Å². The lowest BCUT2D eigenvalue weighted by molar-refractivity contribution is 0.205. The number of halogens is 1. The highest BCUT2D eigenvalue weighted by Crippen LogP contribution is 2.23. The fraction of sp³-hybridized carbons (Fsp3) is 0.500. The third-order valence-electron chi connectivity index (χ3n) is 2.90. The first-order valence-electron chi connectivity index (χ1n) is 6.26. The van der Waals surface area contributed by atoms with Crippen molar-refractivity contribution in [2.75, 3.05) is 31.7 Å². The van der Waals surface area contributed by atoms with Gasteiger partial charge in [-0.3, -0.25) is 0 Å². The maximum Gasteiger partial charge on any atom is 0.146 e. The minimum atomic E-state index is -0.316. The second-order valence-corrected chi connectivity index (χ2v) is 4.39. The van der Waals surface area contributed by atoms with Crippen molar-refractivity contribution >= 4 is 5.69 Å². The molecular formula is C14H20FN3O. The summed E-state index contributed by atoms with van der Waals surface area (Å²) >= 11 is 0. The molecule has 0 bridgehead atoms. The maximum absolute atomic E-state index is 14.1. The number of nitrogens with zero attached hydrogens (tertiary/aromatic N) is 2. The van der Waals surface area contributed by atoms with E-state index in [2.05, 4.69) is 6.07 Å². The van der Waals surface area contributed by atoms with Crippen molar-refractivity contribution in [2.45, 2.75) is 19.4 Å². The summed E-state index contributed by atoms with van der Waals surface area (Å²) in [6.45, 7) is 3.33. The maximum atomic E-state index is 14.1. The Hall–Kier alpha value is -1.64. The van der Waals surface area contributed by atoms with E-state index in [1.807, 2.05) is 17.9 Å². The summed E-state index contributed by atoms with van der Waals surface area (Å²) < 4.78 is 19.1. The highest BCUT2D eigenvalue weighted by molar-refractivity contribution is 5.49. The lowest BCUT2D eigenvalue weighted by Crippen LogP contribution is -2.29. The van der Waals surface area contributed by atoms with Crippen LogP contribution in [0.2, 0.25) is 0 Å². The molecule has 0 aliphatic heterocycles. The smallest absolute Gasteiger partial charge is 0.146 e. The van der Waals surface area contributed by atoms with Gasteiger partial charge >= 0.3 is 0 Å². The number of anilines is 1. The van der Waals surface area contributed by atoms with Gasteiger partial charge in [-0.25, -0.2) is 4.39 Å². The Bertz CT molecular complexity index is 443. The molecule has 104 valence electrons. The molecule has 0 saturated carbocycles. The van der Waals surface area contributed by atoms with E-state index in [9.17, 15) is 4.39 Å². The van der Waals surface area contributed by atoms with E-state index in [1.165, 1.54) is 6.07 Å². The standard InChI is InChI=1S/C14H20FN3O/c1-11(17)12-4-5-14(13(15)10-12)18(7-3-6-16)8-9-19-2/h4-5,10-11H,3,7-9,17H2,1-2H3/t11-/m1/s1. The van der Waals surface area contributed by atoms with Crippen LogP contribution in [0.15, 0.2) is 18.2 Å². The van der Waals surface area contributed by atoms with Gasteiger partial charge in [-0.2, -0.15) is 5.26 Å². The van der Waals surface area contributed by atoms with Crippen molar-refractivity contribution in [1.29, 1.82) is 5.26 Å². The summed E-state index contributed by atoms with van der Waals surface area (Å²) in [5.41, 5.74) is 6.97. The van der Waals surface area contributed by atoms with Gasteiger partial charge < -0.3 is 15.4 Å². The minimum Gasteiger partial charge on any atom is -0.383 e. The summed E-state index contributed by atoms with van der Waals surface area (Å²) in [5, 5.41) is 8.66. The zero-order valence-electron chi connectivity index (χ0n) is 11.4. The molecule has 0 heterocycles. The largest absolute Gasteiger partial charge is 0.383 e. The molecule has 19 heavy (non-hydrogen) atoms. The summed E-state index contributed by atoms with van der Waals surface area (Å²) in [4.78, 5) is 1.81. The van der Waals surface area contributed by atoms with Gasteiger partial charge in [0.25, 0.3) is 0 Å². The molecule has 4 nitrogen and oxygen atoms in total. The molecule has 0 radical (unpaired) electrons. The van der Waals surface area contributed by atoms with Crippen LogP contribution in [0.3, 0.4) is 0 Å². The van der Waals surface area contributed by atoms with E-state index in [0.717, 1.165) is 5.56 Å². The van der Waals surface area contributed by atoms with Gasteiger partial charge in [-0.1, -0.05) is 6.07 Å². The number of hydrogen-bond acceptors (Lipinski definition) is 4. The van der Waals surface area contributed by atoms with Crippen LogP contribution < -0.4 is 10.6 Å². The molecule has 0 unspecified atom stereocenters.